The minimum Gasteiger partial charge on any atom is -0.360 e. The Morgan fingerprint density at radius 2 is 1.02 bits per heavy atom. The Hall–Kier alpha value is -6.01. The van der Waals surface area contributed by atoms with Gasteiger partial charge in [-0.25, -0.2) is 0 Å². The highest BCUT2D eigenvalue weighted by Gasteiger charge is 2.29. The molecule has 0 radical (unpaired) electrons. The number of nitro benzene ring substituents is 2. The number of para-hydroxylation sites is 2. The van der Waals surface area contributed by atoms with E-state index in [1.807, 2.05) is 135 Å². The molecule has 48 heavy (non-hydrogen) atoms. The Morgan fingerprint density at radius 3 is 1.33 bits per heavy atom. The van der Waals surface area contributed by atoms with Gasteiger partial charge in [0.05, 0.1) is 21.8 Å². The van der Waals surface area contributed by atoms with Crippen molar-refractivity contribution in [1.82, 2.24) is 0 Å². The summed E-state index contributed by atoms with van der Waals surface area (Å²) in [6, 6.07) is 45.1. The van der Waals surface area contributed by atoms with Crippen LogP contribution in [0.15, 0.2) is 133 Å². The van der Waals surface area contributed by atoms with Crippen molar-refractivity contribution in [3.8, 4) is 6.07 Å². The molecule has 0 aliphatic carbocycles. The lowest BCUT2D eigenvalue weighted by atomic mass is 9.93. The molecule has 0 aliphatic rings. The number of anilines is 3. The molecule has 0 spiro atoms. The zero-order valence-electron chi connectivity index (χ0n) is 27.5. The Balaban J connectivity index is 0.000000200. The minimum absolute atomic E-state index is 0.120. The lowest BCUT2D eigenvalue weighted by Gasteiger charge is -2.23. The van der Waals surface area contributed by atoms with Gasteiger partial charge in [0, 0.05) is 36.6 Å². The van der Waals surface area contributed by atoms with Crippen molar-refractivity contribution in [3.63, 3.8) is 0 Å². The number of nitrogens with zero attached hydrogens (tertiary/aromatic N) is 4. The summed E-state index contributed by atoms with van der Waals surface area (Å²) in [4.78, 5) is 23.1. The highest BCUT2D eigenvalue weighted by Crippen LogP contribution is 2.38. The van der Waals surface area contributed by atoms with Crippen LogP contribution in [0, 0.1) is 38.5 Å². The summed E-state index contributed by atoms with van der Waals surface area (Å²) in [6.07, 6.45) is 1.53. The zero-order chi connectivity index (χ0) is 34.7. The third-order valence-corrected chi connectivity index (χ3v) is 7.14. The molecule has 9 heteroatoms. The van der Waals surface area contributed by atoms with Crippen molar-refractivity contribution < 1.29 is 9.85 Å². The van der Waals surface area contributed by atoms with E-state index in [2.05, 4.69) is 11.4 Å². The molecule has 0 fully saturated rings. The molecule has 1 N–H and O–H groups in total. The predicted molar refractivity (Wildman–Crippen MR) is 194 cm³/mol. The number of aryl methyl sites for hydroxylation is 1. The van der Waals surface area contributed by atoms with Crippen LogP contribution in [0.3, 0.4) is 0 Å². The average Bonchev–Trinajstić information content (AvgIpc) is 3.10. The molecule has 246 valence electrons. The van der Waals surface area contributed by atoms with E-state index in [-0.39, 0.29) is 23.0 Å². The molecule has 5 rings (SSSR count). The van der Waals surface area contributed by atoms with Gasteiger partial charge in [0.15, 0.2) is 5.69 Å². The van der Waals surface area contributed by atoms with Crippen molar-refractivity contribution in [1.29, 1.82) is 5.26 Å². The van der Waals surface area contributed by atoms with Crippen LogP contribution in [-0.2, 0) is 0 Å². The van der Waals surface area contributed by atoms with Gasteiger partial charge in [-0.05, 0) is 60.7 Å². The van der Waals surface area contributed by atoms with Gasteiger partial charge in [0.2, 0.25) is 0 Å². The van der Waals surface area contributed by atoms with Gasteiger partial charge in [-0.15, -0.1) is 0 Å². The van der Waals surface area contributed by atoms with E-state index < -0.39 is 9.85 Å². The number of rotatable bonds is 11. The van der Waals surface area contributed by atoms with Gasteiger partial charge in [-0.1, -0.05) is 111 Å². The fourth-order valence-corrected chi connectivity index (χ4v) is 5.06. The summed E-state index contributed by atoms with van der Waals surface area (Å²) in [5.41, 5.74) is 4.58. The number of nitriles is 1. The van der Waals surface area contributed by atoms with Gasteiger partial charge >= 0.3 is 0 Å². The smallest absolute Gasteiger partial charge is 0.299 e. The monoisotopic (exact) mass is 643 g/mol. The summed E-state index contributed by atoms with van der Waals surface area (Å²) in [6.45, 7) is 6.61. The molecule has 0 aromatic heterocycles. The lowest BCUT2D eigenvalue weighted by Crippen LogP contribution is -2.26. The van der Waals surface area contributed by atoms with Crippen LogP contribution >= 0.6 is 0 Å². The van der Waals surface area contributed by atoms with Gasteiger partial charge in [-0.2, -0.15) is 5.26 Å². The molecule has 0 bridgehead atoms. The van der Waals surface area contributed by atoms with Crippen LogP contribution in [0.5, 0.6) is 0 Å². The zero-order valence-corrected chi connectivity index (χ0v) is 27.5. The maximum Gasteiger partial charge on any atom is 0.299 e. The average molecular weight is 644 g/mol. The number of hydrogen-bond acceptors (Lipinski definition) is 7. The first-order valence-corrected chi connectivity index (χ1v) is 15.8. The number of nitro groups is 2. The third kappa shape index (κ3) is 11.1. The van der Waals surface area contributed by atoms with Gasteiger partial charge < -0.3 is 10.2 Å². The molecule has 0 aliphatic heterocycles. The SMILES string of the molecule is CCCN(CCC)c1c([N+](=O)[O-])cc(C)cc1[N+](=O)[O-].N#CC(c1ccccc1)c1ccccc1.c1ccc(Nc2ccccc2)cc1. The van der Waals surface area contributed by atoms with E-state index in [1.165, 1.54) is 12.1 Å². The Bertz CT molecular complexity index is 1630. The summed E-state index contributed by atoms with van der Waals surface area (Å²) in [5.74, 6) is -0.160. The van der Waals surface area contributed by atoms with Crippen molar-refractivity contribution >= 4 is 28.4 Å². The molecule has 0 atom stereocenters. The topological polar surface area (TPSA) is 125 Å². The summed E-state index contributed by atoms with van der Waals surface area (Å²) < 4.78 is 0. The van der Waals surface area contributed by atoms with Crippen LogP contribution < -0.4 is 10.2 Å². The van der Waals surface area contributed by atoms with Crippen molar-refractivity contribution in [2.24, 2.45) is 0 Å². The van der Waals surface area contributed by atoms with E-state index >= 15 is 0 Å². The Kier molecular flexibility index (Phi) is 14.8. The third-order valence-electron chi connectivity index (χ3n) is 7.14. The van der Waals surface area contributed by atoms with Gasteiger partial charge in [-0.3, -0.25) is 20.2 Å². The highest BCUT2D eigenvalue weighted by atomic mass is 16.6. The van der Waals surface area contributed by atoms with Crippen molar-refractivity contribution in [2.75, 3.05) is 23.3 Å². The van der Waals surface area contributed by atoms with E-state index in [1.54, 1.807) is 11.8 Å². The maximum absolute atomic E-state index is 11.2. The molecule has 0 unspecified atom stereocenters. The Labute approximate surface area is 282 Å². The molecule has 0 saturated carbocycles. The number of hydrogen-bond donors (Lipinski definition) is 1. The highest BCUT2D eigenvalue weighted by molar-refractivity contribution is 5.76. The molecule has 9 nitrogen and oxygen atoms in total. The van der Waals surface area contributed by atoms with E-state index in [4.69, 9.17) is 0 Å². The molecule has 5 aromatic rings. The quantitative estimate of drug-likeness (QED) is 0.112. The normalized spacial score (nSPS) is 9.98. The summed E-state index contributed by atoms with van der Waals surface area (Å²) in [7, 11) is 0. The largest absolute Gasteiger partial charge is 0.360 e. The van der Waals surface area contributed by atoms with Gasteiger partial charge in [0.1, 0.15) is 0 Å². The van der Waals surface area contributed by atoms with Gasteiger partial charge in [0.25, 0.3) is 11.4 Å². The summed E-state index contributed by atoms with van der Waals surface area (Å²) >= 11 is 0. The lowest BCUT2D eigenvalue weighted by molar-refractivity contribution is -0.392. The second-order valence-electron chi connectivity index (χ2n) is 10.9. The second kappa shape index (κ2) is 19.5. The fourth-order valence-electron chi connectivity index (χ4n) is 5.06. The molecule has 0 amide bonds. The van der Waals surface area contributed by atoms with Crippen LogP contribution in [0.2, 0.25) is 0 Å². The van der Waals surface area contributed by atoms with Crippen molar-refractivity contribution in [2.45, 2.75) is 39.5 Å². The molecule has 0 heterocycles. The van der Waals surface area contributed by atoms with E-state index in [0.29, 0.717) is 18.7 Å². The molecule has 5 aromatic carbocycles. The van der Waals surface area contributed by atoms with Crippen LogP contribution in [-0.4, -0.2) is 22.9 Å². The van der Waals surface area contributed by atoms with Crippen molar-refractivity contribution in [3.05, 3.63) is 170 Å². The van der Waals surface area contributed by atoms with Crippen LogP contribution in [0.25, 0.3) is 0 Å². The summed E-state index contributed by atoms with van der Waals surface area (Å²) in [5, 5.41) is 34.9. The first-order chi connectivity index (χ1) is 23.3. The minimum atomic E-state index is -0.548. The maximum atomic E-state index is 11.2. The molecular formula is C39H41N5O4. The molecule has 0 saturated heterocycles. The second-order valence-corrected chi connectivity index (χ2v) is 10.9. The van der Waals surface area contributed by atoms with Crippen LogP contribution in [0.1, 0.15) is 49.3 Å². The molecular weight excluding hydrogens is 602 g/mol. The Morgan fingerprint density at radius 1 is 0.667 bits per heavy atom. The fraction of sp³-hybridized carbons (Fsp3) is 0.205. The first-order valence-electron chi connectivity index (χ1n) is 15.8. The predicted octanol–water partition coefficient (Wildman–Crippen LogP) is 10.2. The number of nitrogens with one attached hydrogen (secondary N) is 1. The standard InChI is InChI=1S/C14H11N.C13H19N3O4.C12H11N/c15-11-14(12-7-3-1-4-8-12)13-9-5-2-6-10-13;1-4-6-14(7-5-2)13-11(15(17)18)8-10(3)9-12(13)16(19)20;1-3-7-11(8-4-1)13-12-9-5-2-6-10-12/h1-10,14H;8-9H,4-7H2,1-3H3;1-10,13H. The first kappa shape index (κ1) is 36.5. The number of benzene rings is 5. The van der Waals surface area contributed by atoms with Crippen LogP contribution in [0.4, 0.5) is 28.4 Å². The van der Waals surface area contributed by atoms with E-state index in [9.17, 15) is 25.5 Å². The van der Waals surface area contributed by atoms with E-state index in [0.717, 1.165) is 35.3 Å².